The van der Waals surface area contributed by atoms with Crippen LogP contribution in [0.25, 0.3) is 0 Å². The highest BCUT2D eigenvalue weighted by molar-refractivity contribution is 7.87. The normalized spacial score (nSPS) is 26.1. The zero-order chi connectivity index (χ0) is 11.7. The maximum Gasteiger partial charge on any atom is 0.277 e. The molecule has 0 bridgehead atoms. The summed E-state index contributed by atoms with van der Waals surface area (Å²) in [6, 6.07) is 0.0353. The fourth-order valence-corrected chi connectivity index (χ4v) is 3.43. The van der Waals surface area contributed by atoms with E-state index in [0.29, 0.717) is 0 Å². The van der Waals surface area contributed by atoms with Gasteiger partial charge in [-0.05, 0) is 38.5 Å². The first-order valence-corrected chi connectivity index (χ1v) is 6.98. The molecule has 0 amide bonds. The zero-order valence-corrected chi connectivity index (χ0v) is 10.8. The van der Waals surface area contributed by atoms with Gasteiger partial charge in [-0.3, -0.25) is 0 Å². The van der Waals surface area contributed by atoms with Crippen LogP contribution in [0.3, 0.4) is 0 Å². The van der Waals surface area contributed by atoms with E-state index in [1.54, 1.807) is 0 Å². The Labute approximate surface area is 93.0 Å². The molecule has 0 spiro atoms. The molecule has 0 aromatic carbocycles. The minimum atomic E-state index is -3.31. The molecule has 1 fully saturated rings. The van der Waals surface area contributed by atoms with Gasteiger partial charge < -0.3 is 0 Å². The van der Waals surface area contributed by atoms with Crippen LogP contribution in [-0.4, -0.2) is 20.5 Å². The van der Waals surface area contributed by atoms with Crippen molar-refractivity contribution in [2.24, 2.45) is 5.41 Å². The summed E-state index contributed by atoms with van der Waals surface area (Å²) in [7, 11) is -3.31. The van der Waals surface area contributed by atoms with Gasteiger partial charge in [-0.15, -0.1) is 0 Å². The quantitative estimate of drug-likeness (QED) is 0.772. The first kappa shape index (κ1) is 12.9. The van der Waals surface area contributed by atoms with Gasteiger partial charge in [0.2, 0.25) is 0 Å². The Morgan fingerprint density at radius 2 is 1.93 bits per heavy atom. The summed E-state index contributed by atoms with van der Waals surface area (Å²) in [5, 5.41) is 0. The average molecular weight is 234 g/mol. The molecule has 0 heterocycles. The van der Waals surface area contributed by atoms with Gasteiger partial charge in [-0.2, -0.15) is 17.9 Å². The van der Waals surface area contributed by atoms with E-state index in [2.05, 4.69) is 23.3 Å². The molecule has 1 atom stereocenters. The lowest BCUT2D eigenvalue weighted by Crippen LogP contribution is -2.44. The van der Waals surface area contributed by atoms with E-state index in [0.717, 1.165) is 19.3 Å². The van der Waals surface area contributed by atoms with E-state index in [9.17, 15) is 8.42 Å². The molecule has 4 nitrogen and oxygen atoms in total. The lowest BCUT2D eigenvalue weighted by atomic mass is 9.92. The second-order valence-corrected chi connectivity index (χ2v) is 6.98. The molecule has 0 aromatic heterocycles. The maximum absolute atomic E-state index is 11.6. The third kappa shape index (κ3) is 4.49. The first-order valence-electron chi connectivity index (χ1n) is 5.50. The van der Waals surface area contributed by atoms with Crippen LogP contribution in [0.5, 0.6) is 0 Å². The second-order valence-electron chi connectivity index (χ2n) is 5.50. The molecule has 5 heteroatoms. The van der Waals surface area contributed by atoms with Crippen LogP contribution < -0.4 is 9.44 Å². The van der Waals surface area contributed by atoms with Crippen LogP contribution in [0.1, 0.15) is 47.0 Å². The van der Waals surface area contributed by atoms with E-state index >= 15 is 0 Å². The number of rotatable bonds is 4. The van der Waals surface area contributed by atoms with Crippen LogP contribution in [0, 0.1) is 5.41 Å². The summed E-state index contributed by atoms with van der Waals surface area (Å²) in [6.07, 6.45) is 2.94. The Morgan fingerprint density at radius 3 is 2.33 bits per heavy atom. The number of nitrogens with one attached hydrogen (secondary N) is 2. The van der Waals surface area contributed by atoms with E-state index < -0.39 is 10.2 Å². The molecule has 0 aliphatic heterocycles. The smallest absolute Gasteiger partial charge is 0.200 e. The molecular weight excluding hydrogens is 212 g/mol. The monoisotopic (exact) mass is 234 g/mol. The van der Waals surface area contributed by atoms with Gasteiger partial charge in [0.25, 0.3) is 10.2 Å². The van der Waals surface area contributed by atoms with Crippen LogP contribution in [0.4, 0.5) is 0 Å². The van der Waals surface area contributed by atoms with Crippen molar-refractivity contribution in [1.82, 2.24) is 9.44 Å². The molecule has 0 radical (unpaired) electrons. The summed E-state index contributed by atoms with van der Waals surface area (Å²) in [5.74, 6) is 0. The minimum absolute atomic E-state index is 0.0584. The highest BCUT2D eigenvalue weighted by Gasteiger charge is 2.33. The van der Waals surface area contributed by atoms with Crippen LogP contribution in [0.2, 0.25) is 0 Å². The van der Waals surface area contributed by atoms with Gasteiger partial charge in [0.1, 0.15) is 0 Å². The standard InChI is InChI=1S/C10H22N2O2S/c1-8(2)11-15(13,14)12-9-5-6-10(3,4)7-9/h8-9,11-12H,5-7H2,1-4H3. The topological polar surface area (TPSA) is 58.2 Å². The second kappa shape index (κ2) is 4.39. The third-order valence-corrected chi connectivity index (χ3v) is 4.11. The van der Waals surface area contributed by atoms with Crippen molar-refractivity contribution in [3.05, 3.63) is 0 Å². The molecule has 1 aliphatic carbocycles. The lowest BCUT2D eigenvalue weighted by molar-refractivity contribution is 0.372. The van der Waals surface area contributed by atoms with E-state index in [1.165, 1.54) is 0 Å². The van der Waals surface area contributed by atoms with Gasteiger partial charge in [0.05, 0.1) is 0 Å². The third-order valence-electron chi connectivity index (χ3n) is 2.68. The first-order chi connectivity index (χ1) is 6.70. The van der Waals surface area contributed by atoms with Gasteiger partial charge in [-0.1, -0.05) is 13.8 Å². The van der Waals surface area contributed by atoms with Gasteiger partial charge in [0.15, 0.2) is 0 Å². The van der Waals surface area contributed by atoms with Gasteiger partial charge >= 0.3 is 0 Å². The fraction of sp³-hybridized carbons (Fsp3) is 1.00. The number of hydrogen-bond acceptors (Lipinski definition) is 2. The molecule has 1 rings (SSSR count). The Balaban J connectivity index is 2.49. The molecule has 0 aromatic rings. The summed E-state index contributed by atoms with van der Waals surface area (Å²) in [4.78, 5) is 0. The largest absolute Gasteiger partial charge is 0.277 e. The minimum Gasteiger partial charge on any atom is -0.200 e. The fourth-order valence-electron chi connectivity index (χ4n) is 2.10. The molecule has 15 heavy (non-hydrogen) atoms. The van der Waals surface area contributed by atoms with Gasteiger partial charge in [-0.25, -0.2) is 0 Å². The van der Waals surface area contributed by atoms with Crippen LogP contribution in [0.15, 0.2) is 0 Å². The summed E-state index contributed by atoms with van der Waals surface area (Å²) in [6.45, 7) is 7.99. The van der Waals surface area contributed by atoms with Crippen molar-refractivity contribution >= 4 is 10.2 Å². The summed E-state index contributed by atoms with van der Waals surface area (Å²) < 4.78 is 28.4. The van der Waals surface area contributed by atoms with Crippen molar-refractivity contribution in [1.29, 1.82) is 0 Å². The van der Waals surface area contributed by atoms with Crippen molar-refractivity contribution in [2.45, 2.75) is 59.0 Å². The molecule has 1 saturated carbocycles. The highest BCUT2D eigenvalue weighted by Crippen LogP contribution is 2.37. The van der Waals surface area contributed by atoms with Crippen molar-refractivity contribution in [2.75, 3.05) is 0 Å². The van der Waals surface area contributed by atoms with Crippen LogP contribution in [-0.2, 0) is 10.2 Å². The number of hydrogen-bond donors (Lipinski definition) is 2. The van der Waals surface area contributed by atoms with Crippen molar-refractivity contribution in [3.63, 3.8) is 0 Å². The molecular formula is C10H22N2O2S. The maximum atomic E-state index is 11.6. The van der Waals surface area contributed by atoms with E-state index in [4.69, 9.17) is 0 Å². The highest BCUT2D eigenvalue weighted by atomic mass is 32.2. The SMILES string of the molecule is CC(C)NS(=O)(=O)NC1CCC(C)(C)C1. The Hall–Kier alpha value is -0.130. The molecule has 0 saturated heterocycles. The Morgan fingerprint density at radius 1 is 1.33 bits per heavy atom. The Kier molecular flexibility index (Phi) is 3.79. The molecule has 90 valence electrons. The lowest BCUT2D eigenvalue weighted by Gasteiger charge is -2.18. The van der Waals surface area contributed by atoms with Gasteiger partial charge in [0, 0.05) is 12.1 Å². The van der Waals surface area contributed by atoms with Crippen LogP contribution >= 0.6 is 0 Å². The van der Waals surface area contributed by atoms with E-state index in [-0.39, 0.29) is 17.5 Å². The predicted molar refractivity (Wildman–Crippen MR) is 61.7 cm³/mol. The summed E-state index contributed by atoms with van der Waals surface area (Å²) in [5.41, 5.74) is 0.269. The molecule has 2 N–H and O–H groups in total. The van der Waals surface area contributed by atoms with Crippen molar-refractivity contribution in [3.8, 4) is 0 Å². The molecule has 1 unspecified atom stereocenters. The Bertz CT molecular complexity index is 309. The van der Waals surface area contributed by atoms with E-state index in [1.807, 2.05) is 13.8 Å². The predicted octanol–water partition coefficient (Wildman–Crippen LogP) is 1.40. The zero-order valence-electron chi connectivity index (χ0n) is 10.0. The van der Waals surface area contributed by atoms with Crippen molar-refractivity contribution < 1.29 is 8.42 Å². The molecule has 1 aliphatic rings. The average Bonchev–Trinajstić information content (AvgIpc) is 2.25. The summed E-state index contributed by atoms with van der Waals surface area (Å²) >= 11 is 0.